The summed E-state index contributed by atoms with van der Waals surface area (Å²) in [7, 11) is 0. The van der Waals surface area contributed by atoms with Gasteiger partial charge in [-0.3, -0.25) is 9.36 Å². The normalized spacial score (nSPS) is 11.1. The molecule has 6 heteroatoms. The Labute approximate surface area is 150 Å². The first-order chi connectivity index (χ1) is 12.6. The summed E-state index contributed by atoms with van der Waals surface area (Å²) in [5.41, 5.74) is 0.597. The standard InChI is InChI=1S/C20H18N4O2/c1-3-10-24-19(25)17(12-21)13(2)18(20(24)26)23-22-16-9-8-14-6-4-5-7-15(14)11-16/h4-9,11,25H,3,10H2,1-2H3. The molecule has 1 heterocycles. The van der Waals surface area contributed by atoms with E-state index in [0.717, 1.165) is 10.8 Å². The lowest BCUT2D eigenvalue weighted by atomic mass is 10.1. The van der Waals surface area contributed by atoms with E-state index in [-0.39, 0.29) is 17.1 Å². The van der Waals surface area contributed by atoms with Crippen molar-refractivity contribution in [2.75, 3.05) is 0 Å². The number of aromatic nitrogens is 1. The van der Waals surface area contributed by atoms with E-state index in [2.05, 4.69) is 10.2 Å². The van der Waals surface area contributed by atoms with E-state index in [9.17, 15) is 15.2 Å². The summed E-state index contributed by atoms with van der Waals surface area (Å²) < 4.78 is 1.17. The predicted octanol–water partition coefficient (Wildman–Crippen LogP) is 4.71. The van der Waals surface area contributed by atoms with Gasteiger partial charge in [0.2, 0.25) is 5.88 Å². The summed E-state index contributed by atoms with van der Waals surface area (Å²) >= 11 is 0. The fourth-order valence-corrected chi connectivity index (χ4v) is 2.83. The largest absolute Gasteiger partial charge is 0.493 e. The first-order valence-electron chi connectivity index (χ1n) is 8.33. The molecule has 0 spiro atoms. The number of hydrogen-bond acceptors (Lipinski definition) is 5. The lowest BCUT2D eigenvalue weighted by Gasteiger charge is -2.11. The van der Waals surface area contributed by atoms with E-state index < -0.39 is 5.56 Å². The van der Waals surface area contributed by atoms with Gasteiger partial charge >= 0.3 is 0 Å². The van der Waals surface area contributed by atoms with Crippen LogP contribution in [0.3, 0.4) is 0 Å². The number of azo groups is 1. The van der Waals surface area contributed by atoms with Gasteiger partial charge in [0.25, 0.3) is 5.56 Å². The maximum atomic E-state index is 12.6. The molecular weight excluding hydrogens is 328 g/mol. The highest BCUT2D eigenvalue weighted by molar-refractivity contribution is 5.85. The molecule has 0 amide bonds. The minimum Gasteiger partial charge on any atom is -0.493 e. The minimum atomic E-state index is -0.453. The molecule has 0 bridgehead atoms. The lowest BCUT2D eigenvalue weighted by molar-refractivity contribution is 0.402. The van der Waals surface area contributed by atoms with Gasteiger partial charge in [-0.2, -0.15) is 10.4 Å². The second kappa shape index (κ2) is 7.19. The molecule has 3 rings (SSSR count). The molecular formula is C20H18N4O2. The quantitative estimate of drug-likeness (QED) is 0.693. The smallest absolute Gasteiger partial charge is 0.281 e. The number of nitrogens with zero attached hydrogens (tertiary/aromatic N) is 4. The van der Waals surface area contributed by atoms with Gasteiger partial charge in [-0.1, -0.05) is 37.3 Å². The summed E-state index contributed by atoms with van der Waals surface area (Å²) in [5.74, 6) is -0.318. The monoisotopic (exact) mass is 346 g/mol. The van der Waals surface area contributed by atoms with Crippen molar-refractivity contribution in [2.45, 2.75) is 26.8 Å². The van der Waals surface area contributed by atoms with E-state index in [1.165, 1.54) is 4.57 Å². The zero-order valence-corrected chi connectivity index (χ0v) is 14.6. The fraction of sp³-hybridized carbons (Fsp3) is 0.200. The third-order valence-corrected chi connectivity index (χ3v) is 4.21. The van der Waals surface area contributed by atoms with Gasteiger partial charge in [-0.05, 0) is 36.2 Å². The van der Waals surface area contributed by atoms with Gasteiger partial charge in [-0.15, -0.1) is 5.11 Å². The number of fused-ring (bicyclic) bond motifs is 1. The maximum Gasteiger partial charge on any atom is 0.281 e. The van der Waals surface area contributed by atoms with Gasteiger partial charge in [-0.25, -0.2) is 0 Å². The minimum absolute atomic E-state index is 0.0468. The van der Waals surface area contributed by atoms with Crippen LogP contribution in [0, 0.1) is 18.3 Å². The van der Waals surface area contributed by atoms with Crippen molar-refractivity contribution in [3.63, 3.8) is 0 Å². The molecule has 130 valence electrons. The van der Waals surface area contributed by atoms with Crippen molar-refractivity contribution < 1.29 is 5.11 Å². The van der Waals surface area contributed by atoms with Crippen molar-refractivity contribution in [3.05, 3.63) is 63.9 Å². The summed E-state index contributed by atoms with van der Waals surface area (Å²) in [4.78, 5) is 12.6. The van der Waals surface area contributed by atoms with E-state index in [4.69, 9.17) is 0 Å². The van der Waals surface area contributed by atoms with Crippen LogP contribution in [-0.4, -0.2) is 9.67 Å². The highest BCUT2D eigenvalue weighted by atomic mass is 16.3. The summed E-state index contributed by atoms with van der Waals surface area (Å²) in [6.07, 6.45) is 0.642. The molecule has 6 nitrogen and oxygen atoms in total. The summed E-state index contributed by atoms with van der Waals surface area (Å²) in [6.45, 7) is 3.77. The first-order valence-corrected chi connectivity index (χ1v) is 8.33. The van der Waals surface area contributed by atoms with E-state index in [0.29, 0.717) is 24.2 Å². The van der Waals surface area contributed by atoms with E-state index in [1.807, 2.05) is 55.5 Å². The highest BCUT2D eigenvalue weighted by Crippen LogP contribution is 2.28. The second-order valence-corrected chi connectivity index (χ2v) is 5.97. The molecule has 0 unspecified atom stereocenters. The van der Waals surface area contributed by atoms with Crippen LogP contribution in [0.5, 0.6) is 5.88 Å². The Morgan fingerprint density at radius 3 is 2.58 bits per heavy atom. The second-order valence-electron chi connectivity index (χ2n) is 5.97. The lowest BCUT2D eigenvalue weighted by Crippen LogP contribution is -2.21. The molecule has 0 atom stereocenters. The van der Waals surface area contributed by atoms with E-state index >= 15 is 0 Å². The zero-order valence-electron chi connectivity index (χ0n) is 14.6. The molecule has 0 saturated heterocycles. The van der Waals surface area contributed by atoms with Crippen LogP contribution < -0.4 is 5.56 Å². The third-order valence-electron chi connectivity index (χ3n) is 4.21. The Morgan fingerprint density at radius 1 is 1.15 bits per heavy atom. The molecule has 1 aromatic heterocycles. The fourth-order valence-electron chi connectivity index (χ4n) is 2.83. The summed E-state index contributed by atoms with van der Waals surface area (Å²) in [6, 6.07) is 15.5. The van der Waals surface area contributed by atoms with Gasteiger partial charge < -0.3 is 5.11 Å². The van der Waals surface area contributed by atoms with Crippen LogP contribution in [0.1, 0.15) is 24.5 Å². The van der Waals surface area contributed by atoms with Crippen molar-refractivity contribution in [1.29, 1.82) is 5.26 Å². The molecule has 1 N–H and O–H groups in total. The van der Waals surface area contributed by atoms with Crippen LogP contribution in [0.2, 0.25) is 0 Å². The Kier molecular flexibility index (Phi) is 4.81. The van der Waals surface area contributed by atoms with Crippen molar-refractivity contribution in [3.8, 4) is 11.9 Å². The molecule has 26 heavy (non-hydrogen) atoms. The van der Waals surface area contributed by atoms with Crippen molar-refractivity contribution >= 4 is 22.1 Å². The Hall–Kier alpha value is -3.46. The number of benzene rings is 2. The van der Waals surface area contributed by atoms with Gasteiger partial charge in [0, 0.05) is 12.1 Å². The number of pyridine rings is 1. The van der Waals surface area contributed by atoms with Crippen molar-refractivity contribution in [1.82, 2.24) is 4.57 Å². The topological polar surface area (TPSA) is 90.7 Å². The number of nitriles is 1. The van der Waals surface area contributed by atoms with Crippen LogP contribution in [-0.2, 0) is 6.54 Å². The molecule has 2 aromatic carbocycles. The van der Waals surface area contributed by atoms with Gasteiger partial charge in [0.1, 0.15) is 11.6 Å². The Morgan fingerprint density at radius 2 is 1.88 bits per heavy atom. The van der Waals surface area contributed by atoms with Crippen LogP contribution in [0.4, 0.5) is 11.4 Å². The molecule has 0 fully saturated rings. The van der Waals surface area contributed by atoms with Crippen molar-refractivity contribution in [2.24, 2.45) is 10.2 Å². The number of aromatic hydroxyl groups is 1. The van der Waals surface area contributed by atoms with Gasteiger partial charge in [0.15, 0.2) is 5.69 Å². The SMILES string of the molecule is CCCn1c(O)c(C#N)c(C)c(N=Nc2ccc3ccccc3c2)c1=O. The molecule has 0 aliphatic rings. The molecule has 3 aromatic rings. The number of hydrogen-bond donors (Lipinski definition) is 1. The predicted molar refractivity (Wildman–Crippen MR) is 100 cm³/mol. The maximum absolute atomic E-state index is 12.6. The average Bonchev–Trinajstić information content (AvgIpc) is 2.65. The summed E-state index contributed by atoms with van der Waals surface area (Å²) in [5, 5.41) is 29.9. The van der Waals surface area contributed by atoms with E-state index in [1.54, 1.807) is 6.92 Å². The molecule has 0 saturated carbocycles. The van der Waals surface area contributed by atoms with Gasteiger partial charge in [0.05, 0.1) is 5.69 Å². The molecule has 0 aliphatic heterocycles. The number of rotatable bonds is 4. The third kappa shape index (κ3) is 3.07. The van der Waals surface area contributed by atoms with Crippen LogP contribution >= 0.6 is 0 Å². The van der Waals surface area contributed by atoms with Crippen LogP contribution in [0.15, 0.2) is 57.5 Å². The average molecular weight is 346 g/mol. The Bertz CT molecular complexity index is 1110. The first kappa shape index (κ1) is 17.4. The molecule has 0 radical (unpaired) electrons. The highest BCUT2D eigenvalue weighted by Gasteiger charge is 2.18. The van der Waals surface area contributed by atoms with Crippen LogP contribution in [0.25, 0.3) is 10.8 Å². The Balaban J connectivity index is 2.11. The molecule has 0 aliphatic carbocycles. The zero-order chi connectivity index (χ0) is 18.7.